The SMILES string of the molecule is CCNC(=NCCN1CCN(C(=O)C2CCC2)CC1)N(C)CCOc1ccc(F)cc1.I. The minimum atomic E-state index is -0.266. The third kappa shape index (κ3) is 8.06. The van der Waals surface area contributed by atoms with Crippen molar-refractivity contribution in [2.75, 3.05) is 66.0 Å². The molecule has 0 unspecified atom stereocenters. The molecule has 1 aliphatic carbocycles. The number of benzene rings is 1. The van der Waals surface area contributed by atoms with Crippen molar-refractivity contribution in [3.63, 3.8) is 0 Å². The van der Waals surface area contributed by atoms with Gasteiger partial charge >= 0.3 is 0 Å². The molecule has 0 radical (unpaired) electrons. The summed E-state index contributed by atoms with van der Waals surface area (Å²) in [4.78, 5) is 23.6. The zero-order valence-electron chi connectivity index (χ0n) is 19.3. The Morgan fingerprint density at radius 2 is 1.91 bits per heavy atom. The van der Waals surface area contributed by atoms with Crippen LogP contribution in [-0.4, -0.2) is 92.6 Å². The average Bonchev–Trinajstić information content (AvgIpc) is 2.73. The van der Waals surface area contributed by atoms with Crippen LogP contribution in [0.3, 0.4) is 0 Å². The van der Waals surface area contributed by atoms with E-state index in [1.165, 1.54) is 18.6 Å². The minimum Gasteiger partial charge on any atom is -0.492 e. The van der Waals surface area contributed by atoms with Crippen LogP contribution >= 0.6 is 24.0 Å². The fourth-order valence-corrected chi connectivity index (χ4v) is 3.81. The second-order valence-electron chi connectivity index (χ2n) is 8.25. The molecule has 2 fully saturated rings. The van der Waals surface area contributed by atoms with Crippen LogP contribution in [0, 0.1) is 11.7 Å². The Balaban J connectivity index is 0.00000363. The fraction of sp³-hybridized carbons (Fsp3) is 0.652. The van der Waals surface area contributed by atoms with E-state index in [2.05, 4.69) is 17.1 Å². The van der Waals surface area contributed by atoms with Gasteiger partial charge < -0.3 is 19.9 Å². The Kier molecular flexibility index (Phi) is 11.5. The quantitative estimate of drug-likeness (QED) is 0.286. The molecular weight excluding hydrogens is 524 g/mol. The molecule has 1 aliphatic heterocycles. The third-order valence-electron chi connectivity index (χ3n) is 6.02. The highest BCUT2D eigenvalue weighted by Gasteiger charge is 2.30. The van der Waals surface area contributed by atoms with Crippen molar-refractivity contribution in [2.45, 2.75) is 26.2 Å². The van der Waals surface area contributed by atoms with Crippen LogP contribution in [0.4, 0.5) is 4.39 Å². The molecule has 1 amide bonds. The summed E-state index contributed by atoms with van der Waals surface area (Å²) >= 11 is 0. The van der Waals surface area contributed by atoms with Crippen LogP contribution in [0.15, 0.2) is 29.3 Å². The lowest BCUT2D eigenvalue weighted by Gasteiger charge is -2.38. The van der Waals surface area contributed by atoms with E-state index in [1.54, 1.807) is 12.1 Å². The number of amides is 1. The number of nitrogens with zero attached hydrogens (tertiary/aromatic N) is 4. The van der Waals surface area contributed by atoms with Gasteiger partial charge in [0.1, 0.15) is 18.2 Å². The van der Waals surface area contributed by atoms with E-state index in [4.69, 9.17) is 9.73 Å². The van der Waals surface area contributed by atoms with Gasteiger partial charge in [-0.3, -0.25) is 14.7 Å². The molecule has 1 saturated carbocycles. The highest BCUT2D eigenvalue weighted by molar-refractivity contribution is 14.0. The van der Waals surface area contributed by atoms with Crippen LogP contribution in [0.25, 0.3) is 0 Å². The summed E-state index contributed by atoms with van der Waals surface area (Å²) in [7, 11) is 1.99. The predicted octanol–water partition coefficient (Wildman–Crippen LogP) is 2.66. The number of likely N-dealkylation sites (N-methyl/N-ethyl adjacent to an activating group) is 1. The molecular formula is C23H37FIN5O2. The first-order valence-electron chi connectivity index (χ1n) is 11.5. The van der Waals surface area contributed by atoms with E-state index in [-0.39, 0.29) is 29.8 Å². The summed E-state index contributed by atoms with van der Waals surface area (Å²) in [5.74, 6) is 1.90. The molecule has 9 heteroatoms. The molecule has 0 spiro atoms. The maximum Gasteiger partial charge on any atom is 0.225 e. The molecule has 32 heavy (non-hydrogen) atoms. The van der Waals surface area contributed by atoms with Crippen LogP contribution in [-0.2, 0) is 4.79 Å². The zero-order chi connectivity index (χ0) is 22.1. The van der Waals surface area contributed by atoms with Gasteiger partial charge in [0, 0.05) is 52.2 Å². The number of hydrogen-bond acceptors (Lipinski definition) is 4. The smallest absolute Gasteiger partial charge is 0.225 e. The molecule has 1 saturated heterocycles. The summed E-state index contributed by atoms with van der Waals surface area (Å²) in [6.45, 7) is 9.12. The lowest BCUT2D eigenvalue weighted by Crippen LogP contribution is -2.51. The minimum absolute atomic E-state index is 0. The standard InChI is InChI=1S/C23H36FN5O2.HI/c1-3-25-23(27(2)17-18-31-21-9-7-20(24)8-10-21)26-11-12-28-13-15-29(16-14-28)22(30)19-5-4-6-19;/h7-10,19H,3-6,11-18H2,1-2H3,(H,25,26);1H. The summed E-state index contributed by atoms with van der Waals surface area (Å²) in [5, 5.41) is 3.32. The Bertz CT molecular complexity index is 722. The Labute approximate surface area is 208 Å². The maximum atomic E-state index is 13.0. The third-order valence-corrected chi connectivity index (χ3v) is 6.02. The van der Waals surface area contributed by atoms with Gasteiger partial charge in [-0.15, -0.1) is 24.0 Å². The second kappa shape index (κ2) is 13.8. The Morgan fingerprint density at radius 1 is 1.22 bits per heavy atom. The summed E-state index contributed by atoms with van der Waals surface area (Å²) in [5.41, 5.74) is 0. The first-order chi connectivity index (χ1) is 15.1. The van der Waals surface area contributed by atoms with E-state index in [9.17, 15) is 9.18 Å². The normalized spacial score (nSPS) is 17.3. The maximum absolute atomic E-state index is 13.0. The van der Waals surface area contributed by atoms with Crippen molar-refractivity contribution in [1.82, 2.24) is 20.0 Å². The molecule has 0 bridgehead atoms. The molecule has 1 heterocycles. The number of ether oxygens (including phenoxy) is 1. The van der Waals surface area contributed by atoms with E-state index < -0.39 is 0 Å². The fourth-order valence-electron chi connectivity index (χ4n) is 3.81. The average molecular weight is 561 g/mol. The van der Waals surface area contributed by atoms with Crippen LogP contribution in [0.1, 0.15) is 26.2 Å². The molecule has 1 aromatic rings. The molecule has 0 atom stereocenters. The molecule has 1 N–H and O–H groups in total. The molecule has 7 nitrogen and oxygen atoms in total. The predicted molar refractivity (Wildman–Crippen MR) is 136 cm³/mol. The lowest BCUT2D eigenvalue weighted by molar-refractivity contribution is -0.139. The monoisotopic (exact) mass is 561 g/mol. The lowest BCUT2D eigenvalue weighted by atomic mass is 9.84. The van der Waals surface area contributed by atoms with Crippen molar-refractivity contribution < 1.29 is 13.9 Å². The van der Waals surface area contributed by atoms with Crippen molar-refractivity contribution in [3.8, 4) is 5.75 Å². The number of guanidine groups is 1. The topological polar surface area (TPSA) is 60.4 Å². The van der Waals surface area contributed by atoms with Gasteiger partial charge in [-0.2, -0.15) is 0 Å². The number of piperazine rings is 1. The molecule has 1 aromatic carbocycles. The number of rotatable bonds is 9. The summed E-state index contributed by atoms with van der Waals surface area (Å²) in [6.07, 6.45) is 3.35. The van der Waals surface area contributed by atoms with Crippen molar-refractivity contribution >= 4 is 35.8 Å². The largest absolute Gasteiger partial charge is 0.492 e. The Morgan fingerprint density at radius 3 is 2.50 bits per heavy atom. The molecule has 0 aromatic heterocycles. The highest BCUT2D eigenvalue weighted by atomic mass is 127. The van der Waals surface area contributed by atoms with Crippen molar-refractivity contribution in [3.05, 3.63) is 30.1 Å². The molecule has 2 aliphatic rings. The van der Waals surface area contributed by atoms with Gasteiger partial charge in [0.15, 0.2) is 5.96 Å². The summed E-state index contributed by atoms with van der Waals surface area (Å²) in [6, 6.07) is 6.06. The summed E-state index contributed by atoms with van der Waals surface area (Å²) < 4.78 is 18.7. The van der Waals surface area contributed by atoms with E-state index >= 15 is 0 Å². The van der Waals surface area contributed by atoms with Crippen LogP contribution in [0.2, 0.25) is 0 Å². The first kappa shape index (κ1) is 26.6. The number of hydrogen-bond donors (Lipinski definition) is 1. The highest BCUT2D eigenvalue weighted by Crippen LogP contribution is 2.28. The van der Waals surface area contributed by atoms with Gasteiger partial charge in [-0.25, -0.2) is 4.39 Å². The molecule has 180 valence electrons. The number of carbonyl (C=O) groups is 1. The van der Waals surface area contributed by atoms with Gasteiger partial charge in [-0.1, -0.05) is 6.42 Å². The van der Waals surface area contributed by atoms with E-state index in [0.29, 0.717) is 37.3 Å². The second-order valence-corrected chi connectivity index (χ2v) is 8.25. The number of nitrogens with one attached hydrogen (secondary N) is 1. The first-order valence-corrected chi connectivity index (χ1v) is 11.5. The van der Waals surface area contributed by atoms with E-state index in [1.807, 2.05) is 16.8 Å². The van der Waals surface area contributed by atoms with Crippen molar-refractivity contribution in [1.29, 1.82) is 0 Å². The Hall–Kier alpha value is -1.62. The van der Waals surface area contributed by atoms with Gasteiger partial charge in [-0.05, 0) is 44.0 Å². The van der Waals surface area contributed by atoms with Gasteiger partial charge in [0.2, 0.25) is 5.91 Å². The van der Waals surface area contributed by atoms with Crippen LogP contribution in [0.5, 0.6) is 5.75 Å². The number of carbonyl (C=O) groups excluding carboxylic acids is 1. The van der Waals surface area contributed by atoms with E-state index in [0.717, 1.165) is 58.1 Å². The van der Waals surface area contributed by atoms with Gasteiger partial charge in [0.25, 0.3) is 0 Å². The molecule has 3 rings (SSSR count). The number of aliphatic imine (C=N–C) groups is 1. The number of halogens is 2. The zero-order valence-corrected chi connectivity index (χ0v) is 21.6. The van der Waals surface area contributed by atoms with Crippen molar-refractivity contribution in [2.24, 2.45) is 10.9 Å². The van der Waals surface area contributed by atoms with Gasteiger partial charge in [0.05, 0.1) is 13.1 Å². The van der Waals surface area contributed by atoms with Crippen LogP contribution < -0.4 is 10.1 Å².